The Labute approximate surface area is 212 Å². The van der Waals surface area contributed by atoms with Gasteiger partial charge in [-0.15, -0.1) is 0 Å². The molecule has 4 rings (SSSR count). The Hall–Kier alpha value is -2.44. The normalized spacial score (nSPS) is 24.4. The molecule has 1 aromatic rings. The van der Waals surface area contributed by atoms with Gasteiger partial charge in [-0.3, -0.25) is 4.90 Å². The third-order valence-electron chi connectivity index (χ3n) is 7.12. The van der Waals surface area contributed by atoms with Crippen LogP contribution in [0.2, 0.25) is 0 Å². The fraction of sp³-hybridized carbons (Fsp3) is 0.708. The number of aliphatic carboxylic acids is 1. The molecule has 1 unspecified atom stereocenters. The average molecular weight is 525 g/mol. The van der Waals surface area contributed by atoms with Gasteiger partial charge in [0, 0.05) is 38.4 Å². The number of anilines is 1. The molecule has 0 spiro atoms. The fourth-order valence-corrected chi connectivity index (χ4v) is 5.61. The Morgan fingerprint density at radius 2 is 2.11 bits per heavy atom. The van der Waals surface area contributed by atoms with Gasteiger partial charge >= 0.3 is 12.1 Å². The molecule has 0 bridgehead atoms. The fourth-order valence-electron chi connectivity index (χ4n) is 5.03. The van der Waals surface area contributed by atoms with E-state index in [9.17, 15) is 23.1 Å². The quantitative estimate of drug-likeness (QED) is 0.296. The second-order valence-corrected chi connectivity index (χ2v) is 10.8. The van der Waals surface area contributed by atoms with Crippen LogP contribution in [0.4, 0.5) is 10.6 Å². The number of nitrogens with zero attached hydrogens (tertiary/aromatic N) is 2. The summed E-state index contributed by atoms with van der Waals surface area (Å²) >= 11 is 0. The number of pyridine rings is 1. The molecule has 2 fully saturated rings. The van der Waals surface area contributed by atoms with E-state index in [0.29, 0.717) is 25.4 Å². The molecular formula is C24H36N4O7S. The van der Waals surface area contributed by atoms with Gasteiger partial charge in [0.1, 0.15) is 18.0 Å². The summed E-state index contributed by atoms with van der Waals surface area (Å²) in [6.45, 7) is 2.05. The lowest BCUT2D eigenvalue weighted by molar-refractivity contribution is -0.140. The molecule has 0 radical (unpaired) electrons. The minimum Gasteiger partial charge on any atom is -0.480 e. The Balaban J connectivity index is 1.09. The molecule has 3 aliphatic rings. The van der Waals surface area contributed by atoms with Crippen molar-refractivity contribution in [1.82, 2.24) is 15.2 Å². The van der Waals surface area contributed by atoms with Crippen molar-refractivity contribution in [3.8, 4) is 0 Å². The molecule has 3 heterocycles. The van der Waals surface area contributed by atoms with Crippen LogP contribution in [0.5, 0.6) is 0 Å². The maximum atomic E-state index is 12.1. The number of likely N-dealkylation sites (tertiary alicyclic amines) is 1. The number of rotatable bonds is 12. The largest absolute Gasteiger partial charge is 0.480 e. The van der Waals surface area contributed by atoms with Gasteiger partial charge in [0.25, 0.3) is 0 Å². The second kappa shape index (κ2) is 12.7. The number of carboxylic acids is 1. The van der Waals surface area contributed by atoms with Gasteiger partial charge in [-0.2, -0.15) is 0 Å². The Kier molecular flexibility index (Phi) is 9.38. The number of carbonyl (C=O) groups is 2. The smallest absolute Gasteiger partial charge is 0.408 e. The number of thiol groups is 1. The standard InChI is InChI=1S/C24H36N4O7S/c29-23(30)21(27-24(31)35-19-7-10-28(14-19)15-36(32)33)8-11-34-20-12-16(13-20)3-5-18-6-4-17-2-1-9-25-22(17)26-18/h4,6,16,19-21,36H,1-3,5,7-15H2,(H,25,26)(H,27,31)(H,29,30)/t16?,19?,20?,21-/m0/s1. The summed E-state index contributed by atoms with van der Waals surface area (Å²) in [5.41, 5.74) is 2.41. The van der Waals surface area contributed by atoms with Gasteiger partial charge in [-0.1, -0.05) is 6.07 Å². The first-order chi connectivity index (χ1) is 17.4. The van der Waals surface area contributed by atoms with E-state index in [1.165, 1.54) is 5.56 Å². The molecule has 11 nitrogen and oxygen atoms in total. The topological polar surface area (TPSA) is 147 Å². The highest BCUT2D eigenvalue weighted by Crippen LogP contribution is 2.34. The minimum atomic E-state index is -2.53. The number of ether oxygens (including phenoxy) is 2. The lowest BCUT2D eigenvalue weighted by Gasteiger charge is -2.35. The van der Waals surface area contributed by atoms with Crippen molar-refractivity contribution in [2.45, 2.75) is 69.6 Å². The number of carboxylic acid groups (broad SMARTS) is 1. The average Bonchev–Trinajstić information content (AvgIpc) is 3.24. The molecule has 1 aliphatic carbocycles. The maximum absolute atomic E-state index is 12.1. The summed E-state index contributed by atoms with van der Waals surface area (Å²) in [6.07, 6.45) is 5.64. The summed E-state index contributed by atoms with van der Waals surface area (Å²) in [4.78, 5) is 30.1. The number of fused-ring (bicyclic) bond motifs is 1. The number of nitrogens with one attached hydrogen (secondary N) is 2. The van der Waals surface area contributed by atoms with Crippen LogP contribution in [0.1, 0.15) is 49.8 Å². The first-order valence-corrected chi connectivity index (χ1v) is 14.1. The highest BCUT2D eigenvalue weighted by Gasteiger charge is 2.31. The van der Waals surface area contributed by atoms with Crippen LogP contribution in [0.15, 0.2) is 12.1 Å². The molecule has 200 valence electrons. The highest BCUT2D eigenvalue weighted by atomic mass is 32.2. The lowest BCUT2D eigenvalue weighted by atomic mass is 9.79. The van der Waals surface area contributed by atoms with E-state index in [4.69, 9.17) is 14.5 Å². The molecule has 1 amide bonds. The summed E-state index contributed by atoms with van der Waals surface area (Å²) in [5.74, 6) is 0.387. The Morgan fingerprint density at radius 1 is 1.28 bits per heavy atom. The number of aromatic nitrogens is 1. The third kappa shape index (κ3) is 7.78. The number of amides is 1. The van der Waals surface area contributed by atoms with Crippen LogP contribution in [0, 0.1) is 5.92 Å². The SMILES string of the molecule is O=C(N[C@@H](CCOC1CC(CCc2ccc3c(n2)NCCC3)C1)C(=O)O)OC1CCN(C[SH](=O)=O)C1. The van der Waals surface area contributed by atoms with Gasteiger partial charge in [-0.25, -0.2) is 23.0 Å². The van der Waals surface area contributed by atoms with E-state index in [2.05, 4.69) is 22.8 Å². The van der Waals surface area contributed by atoms with E-state index < -0.39 is 34.9 Å². The lowest BCUT2D eigenvalue weighted by Crippen LogP contribution is -2.43. The first kappa shape index (κ1) is 26.6. The zero-order chi connectivity index (χ0) is 25.5. The van der Waals surface area contributed by atoms with Crippen LogP contribution in [0.3, 0.4) is 0 Å². The molecule has 1 saturated carbocycles. The first-order valence-electron chi connectivity index (χ1n) is 12.7. The summed E-state index contributed by atoms with van der Waals surface area (Å²) < 4.78 is 32.8. The molecule has 1 aromatic heterocycles. The maximum Gasteiger partial charge on any atom is 0.408 e. The van der Waals surface area contributed by atoms with Crippen LogP contribution >= 0.6 is 0 Å². The summed E-state index contributed by atoms with van der Waals surface area (Å²) in [7, 11) is -2.53. The molecule has 3 N–H and O–H groups in total. The Morgan fingerprint density at radius 3 is 2.89 bits per heavy atom. The number of hydrogen-bond acceptors (Lipinski definition) is 9. The molecule has 12 heteroatoms. The minimum absolute atomic E-state index is 0.0731. The van der Waals surface area contributed by atoms with E-state index in [1.807, 2.05) is 0 Å². The predicted octanol–water partition coefficient (Wildman–Crippen LogP) is 1.38. The molecular weight excluding hydrogens is 488 g/mol. The van der Waals surface area contributed by atoms with Crippen LogP contribution in [-0.4, -0.2) is 85.8 Å². The van der Waals surface area contributed by atoms with Crippen LogP contribution < -0.4 is 10.6 Å². The van der Waals surface area contributed by atoms with Crippen molar-refractivity contribution in [1.29, 1.82) is 0 Å². The number of aryl methyl sites for hydroxylation is 2. The van der Waals surface area contributed by atoms with Gasteiger partial charge in [-0.05, 0) is 62.5 Å². The summed E-state index contributed by atoms with van der Waals surface area (Å²) in [5, 5.41) is 15.2. The van der Waals surface area contributed by atoms with Gasteiger partial charge in [0.05, 0.1) is 12.0 Å². The van der Waals surface area contributed by atoms with Crippen LogP contribution in [-0.2, 0) is 37.8 Å². The monoisotopic (exact) mass is 524 g/mol. The van der Waals surface area contributed by atoms with E-state index in [-0.39, 0.29) is 25.0 Å². The van der Waals surface area contributed by atoms with Gasteiger partial charge in [0.2, 0.25) is 0 Å². The van der Waals surface area contributed by atoms with Crippen molar-refractivity contribution in [3.05, 3.63) is 23.4 Å². The van der Waals surface area contributed by atoms with Gasteiger partial charge in [0.15, 0.2) is 10.7 Å². The molecule has 2 aliphatic heterocycles. The van der Waals surface area contributed by atoms with Crippen molar-refractivity contribution in [3.63, 3.8) is 0 Å². The third-order valence-corrected chi connectivity index (χ3v) is 7.75. The van der Waals surface area contributed by atoms with Crippen LogP contribution in [0.25, 0.3) is 0 Å². The van der Waals surface area contributed by atoms with Crippen molar-refractivity contribution in [2.24, 2.45) is 5.92 Å². The zero-order valence-electron chi connectivity index (χ0n) is 20.4. The van der Waals surface area contributed by atoms with E-state index in [1.54, 1.807) is 4.90 Å². The van der Waals surface area contributed by atoms with Crippen molar-refractivity contribution in [2.75, 3.05) is 37.4 Å². The predicted molar refractivity (Wildman–Crippen MR) is 133 cm³/mol. The summed E-state index contributed by atoms with van der Waals surface area (Å²) in [6, 6.07) is 3.20. The van der Waals surface area contributed by atoms with E-state index >= 15 is 0 Å². The second-order valence-electron chi connectivity index (χ2n) is 9.90. The van der Waals surface area contributed by atoms with Gasteiger partial charge < -0.3 is 25.2 Å². The highest BCUT2D eigenvalue weighted by molar-refractivity contribution is 7.72. The molecule has 1 saturated heterocycles. The number of carbonyl (C=O) groups excluding carboxylic acids is 1. The molecule has 2 atom stereocenters. The molecule has 0 aromatic carbocycles. The number of hydrogen-bond donors (Lipinski definition) is 4. The Bertz CT molecular complexity index is 991. The van der Waals surface area contributed by atoms with E-state index in [0.717, 1.165) is 56.6 Å². The molecule has 36 heavy (non-hydrogen) atoms. The zero-order valence-corrected chi connectivity index (χ0v) is 21.3. The van der Waals surface area contributed by atoms with Crippen molar-refractivity contribution >= 4 is 28.6 Å². The van der Waals surface area contributed by atoms with Crippen molar-refractivity contribution < 1.29 is 32.6 Å². The number of alkyl carbamates (subject to hydrolysis) is 1.